The van der Waals surface area contributed by atoms with Crippen molar-refractivity contribution >= 4 is 23.0 Å². The van der Waals surface area contributed by atoms with Crippen LogP contribution < -0.4 is 29.6 Å². The number of thiocarbonyl (C=S) groups is 1. The van der Waals surface area contributed by atoms with Crippen LogP contribution in [0.1, 0.15) is 19.4 Å². The Morgan fingerprint density at radius 2 is 1.67 bits per heavy atom. The van der Waals surface area contributed by atoms with Crippen LogP contribution in [-0.4, -0.2) is 32.5 Å². The van der Waals surface area contributed by atoms with Gasteiger partial charge in [0.1, 0.15) is 5.75 Å². The second-order valence-corrected chi connectivity index (χ2v) is 6.44. The quantitative estimate of drug-likeness (QED) is 0.661. The summed E-state index contributed by atoms with van der Waals surface area (Å²) in [5, 5.41) is 6.84. The van der Waals surface area contributed by atoms with E-state index in [2.05, 4.69) is 10.6 Å². The predicted octanol–water partition coefficient (Wildman–Crippen LogP) is 3.99. The molecule has 2 rings (SSSR count). The number of hydrogen-bond donors (Lipinski definition) is 2. The van der Waals surface area contributed by atoms with E-state index >= 15 is 0 Å². The van der Waals surface area contributed by atoms with Gasteiger partial charge in [-0.1, -0.05) is 6.07 Å². The highest BCUT2D eigenvalue weighted by Crippen LogP contribution is 2.38. The topological polar surface area (TPSA) is 61.0 Å². The fourth-order valence-corrected chi connectivity index (χ4v) is 2.70. The summed E-state index contributed by atoms with van der Waals surface area (Å²) in [6, 6.07) is 11.4. The lowest BCUT2D eigenvalue weighted by Gasteiger charge is -2.16. The third-order valence-electron chi connectivity index (χ3n) is 3.64. The maximum absolute atomic E-state index is 5.70. The van der Waals surface area contributed by atoms with E-state index in [1.165, 1.54) is 0 Å². The molecule has 0 aromatic heterocycles. The molecule has 0 unspecified atom stereocenters. The second kappa shape index (κ2) is 9.87. The molecule has 0 aliphatic carbocycles. The molecule has 2 N–H and O–H groups in total. The van der Waals surface area contributed by atoms with Crippen molar-refractivity contribution in [3.8, 4) is 23.0 Å². The van der Waals surface area contributed by atoms with E-state index in [0.717, 1.165) is 17.0 Å². The fraction of sp³-hybridized carbons (Fsp3) is 0.350. The van der Waals surface area contributed by atoms with Gasteiger partial charge < -0.3 is 29.6 Å². The van der Waals surface area contributed by atoms with Crippen LogP contribution in [0.25, 0.3) is 0 Å². The Labute approximate surface area is 165 Å². The molecular formula is C20H26N2O4S. The summed E-state index contributed by atoms with van der Waals surface area (Å²) in [6.45, 7) is 4.48. The van der Waals surface area contributed by atoms with Gasteiger partial charge in [0.15, 0.2) is 16.6 Å². The summed E-state index contributed by atoms with van der Waals surface area (Å²) in [4.78, 5) is 0. The summed E-state index contributed by atoms with van der Waals surface area (Å²) in [6.07, 6.45) is 0.116. The van der Waals surface area contributed by atoms with E-state index in [1.54, 1.807) is 21.3 Å². The fourth-order valence-electron chi connectivity index (χ4n) is 2.51. The van der Waals surface area contributed by atoms with E-state index in [-0.39, 0.29) is 6.10 Å². The highest BCUT2D eigenvalue weighted by molar-refractivity contribution is 7.80. The molecule has 0 bridgehead atoms. The number of benzene rings is 2. The van der Waals surface area contributed by atoms with Crippen molar-refractivity contribution in [1.82, 2.24) is 5.32 Å². The van der Waals surface area contributed by atoms with Crippen LogP contribution in [0, 0.1) is 0 Å². The van der Waals surface area contributed by atoms with Gasteiger partial charge in [-0.25, -0.2) is 0 Å². The summed E-state index contributed by atoms with van der Waals surface area (Å²) in [5.74, 6) is 2.56. The molecule has 0 radical (unpaired) electrons. The Kier molecular flexibility index (Phi) is 7.55. The maximum Gasteiger partial charge on any atom is 0.203 e. The number of nitrogens with one attached hydrogen (secondary N) is 2. The minimum Gasteiger partial charge on any atom is -0.493 e. The smallest absolute Gasteiger partial charge is 0.203 e. The van der Waals surface area contributed by atoms with Crippen LogP contribution in [0.5, 0.6) is 23.0 Å². The third-order valence-corrected chi connectivity index (χ3v) is 3.89. The SMILES string of the molecule is COc1cc(CNC(=S)Nc2cccc(OC(C)C)c2)cc(OC)c1OC. The molecule has 0 saturated heterocycles. The molecule has 0 atom stereocenters. The summed E-state index contributed by atoms with van der Waals surface area (Å²) < 4.78 is 21.8. The minimum absolute atomic E-state index is 0.116. The van der Waals surface area contributed by atoms with Gasteiger partial charge in [-0.3, -0.25) is 0 Å². The number of anilines is 1. The first-order chi connectivity index (χ1) is 13.0. The first kappa shape index (κ1) is 20.6. The van der Waals surface area contributed by atoms with Crippen LogP contribution in [0.4, 0.5) is 5.69 Å². The van der Waals surface area contributed by atoms with Crippen molar-refractivity contribution in [3.05, 3.63) is 42.0 Å². The Morgan fingerprint density at radius 1 is 1.00 bits per heavy atom. The molecule has 2 aromatic rings. The molecule has 146 valence electrons. The molecule has 0 aliphatic rings. The lowest BCUT2D eigenvalue weighted by Crippen LogP contribution is -2.27. The zero-order valence-corrected chi connectivity index (χ0v) is 17.1. The van der Waals surface area contributed by atoms with Crippen molar-refractivity contribution in [1.29, 1.82) is 0 Å². The number of rotatable bonds is 8. The molecule has 27 heavy (non-hydrogen) atoms. The molecular weight excluding hydrogens is 364 g/mol. The van der Waals surface area contributed by atoms with Crippen LogP contribution in [-0.2, 0) is 6.54 Å². The zero-order chi connectivity index (χ0) is 19.8. The van der Waals surface area contributed by atoms with Gasteiger partial charge >= 0.3 is 0 Å². The molecule has 7 heteroatoms. The van der Waals surface area contributed by atoms with Gasteiger partial charge in [0.25, 0.3) is 0 Å². The van der Waals surface area contributed by atoms with Gasteiger partial charge in [0.05, 0.1) is 27.4 Å². The Morgan fingerprint density at radius 3 is 2.22 bits per heavy atom. The summed E-state index contributed by atoms with van der Waals surface area (Å²) >= 11 is 5.39. The van der Waals surface area contributed by atoms with Crippen LogP contribution in [0.15, 0.2) is 36.4 Å². The summed E-state index contributed by atoms with van der Waals surface area (Å²) in [7, 11) is 4.76. The van der Waals surface area contributed by atoms with Crippen molar-refractivity contribution in [3.63, 3.8) is 0 Å². The average molecular weight is 391 g/mol. The van der Waals surface area contributed by atoms with E-state index in [0.29, 0.717) is 28.9 Å². The first-order valence-corrected chi connectivity index (χ1v) is 8.98. The largest absolute Gasteiger partial charge is 0.493 e. The molecule has 0 amide bonds. The second-order valence-electron chi connectivity index (χ2n) is 6.04. The molecule has 0 saturated carbocycles. The monoisotopic (exact) mass is 390 g/mol. The van der Waals surface area contributed by atoms with Gasteiger partial charge in [-0.15, -0.1) is 0 Å². The Balaban J connectivity index is 2.01. The highest BCUT2D eigenvalue weighted by Gasteiger charge is 2.13. The van der Waals surface area contributed by atoms with Crippen LogP contribution >= 0.6 is 12.2 Å². The lowest BCUT2D eigenvalue weighted by molar-refractivity contribution is 0.242. The van der Waals surface area contributed by atoms with Crippen molar-refractivity contribution in [2.24, 2.45) is 0 Å². The first-order valence-electron chi connectivity index (χ1n) is 8.57. The van der Waals surface area contributed by atoms with E-state index in [4.69, 9.17) is 31.2 Å². The molecule has 6 nitrogen and oxygen atoms in total. The van der Waals surface area contributed by atoms with Gasteiger partial charge in [-0.05, 0) is 55.9 Å². The molecule has 0 aliphatic heterocycles. The van der Waals surface area contributed by atoms with E-state index in [1.807, 2.05) is 50.2 Å². The van der Waals surface area contributed by atoms with Gasteiger partial charge in [0, 0.05) is 18.3 Å². The predicted molar refractivity (Wildman–Crippen MR) is 111 cm³/mol. The Hall–Kier alpha value is -2.67. The van der Waals surface area contributed by atoms with Crippen molar-refractivity contribution in [2.45, 2.75) is 26.5 Å². The summed E-state index contributed by atoms with van der Waals surface area (Å²) in [5.41, 5.74) is 1.81. The van der Waals surface area contributed by atoms with Gasteiger partial charge in [0.2, 0.25) is 5.75 Å². The van der Waals surface area contributed by atoms with Gasteiger partial charge in [-0.2, -0.15) is 0 Å². The molecule has 0 heterocycles. The average Bonchev–Trinajstić information content (AvgIpc) is 2.65. The minimum atomic E-state index is 0.116. The number of hydrogen-bond acceptors (Lipinski definition) is 5. The molecule has 0 spiro atoms. The molecule has 2 aromatic carbocycles. The van der Waals surface area contributed by atoms with Crippen LogP contribution in [0.2, 0.25) is 0 Å². The number of ether oxygens (including phenoxy) is 4. The van der Waals surface area contributed by atoms with Crippen LogP contribution in [0.3, 0.4) is 0 Å². The molecule has 0 fully saturated rings. The van der Waals surface area contributed by atoms with E-state index in [9.17, 15) is 0 Å². The third kappa shape index (κ3) is 5.92. The van der Waals surface area contributed by atoms with E-state index < -0.39 is 0 Å². The highest BCUT2D eigenvalue weighted by atomic mass is 32.1. The zero-order valence-electron chi connectivity index (χ0n) is 16.3. The Bertz CT molecular complexity index is 755. The maximum atomic E-state index is 5.70. The van der Waals surface area contributed by atoms with Crippen molar-refractivity contribution in [2.75, 3.05) is 26.6 Å². The number of methoxy groups -OCH3 is 3. The van der Waals surface area contributed by atoms with Crippen molar-refractivity contribution < 1.29 is 18.9 Å². The normalized spacial score (nSPS) is 10.3. The standard InChI is InChI=1S/C20H26N2O4S/c1-13(2)26-16-8-6-7-15(11-16)22-20(27)21-12-14-9-17(23-3)19(25-5)18(10-14)24-4/h6-11,13H,12H2,1-5H3,(H2,21,22,27). The lowest BCUT2D eigenvalue weighted by atomic mass is 10.2.